The van der Waals surface area contributed by atoms with Crippen LogP contribution >= 0.6 is 7.82 Å². The first-order valence-electron chi connectivity index (χ1n) is 32.6. The summed E-state index contributed by atoms with van der Waals surface area (Å²) in [6, 6.07) is -1.36. The largest absolute Gasteiger partial charge is 0.473 e. The fraction of sp³-hybridized carbons (Fsp3) is 0.937. The van der Waals surface area contributed by atoms with Crippen molar-refractivity contribution in [2.24, 2.45) is 17.8 Å². The zero-order valence-corrected chi connectivity index (χ0v) is 53.1. The third-order valence-corrected chi connectivity index (χ3v) is 16.2. The van der Waals surface area contributed by atoms with E-state index in [1.165, 1.54) is 142 Å². The quantitative estimate of drug-likeness (QED) is 0.0188. The Morgan fingerprint density at radius 3 is 1.33 bits per heavy atom. The number of nitrogens with one attached hydrogen (secondary N) is 2. The van der Waals surface area contributed by atoms with E-state index in [-0.39, 0.29) is 19.4 Å². The third-order valence-electron chi connectivity index (χ3n) is 15.2. The Bertz CT molecular complexity index is 1610. The molecule has 0 spiro atoms. The van der Waals surface area contributed by atoms with Gasteiger partial charge in [0, 0.05) is 26.3 Å². The van der Waals surface area contributed by atoms with Crippen LogP contribution in [0, 0.1) is 17.8 Å². The molecule has 0 aromatic carbocycles. The van der Waals surface area contributed by atoms with E-state index >= 15 is 0 Å². The zero-order valence-electron chi connectivity index (χ0n) is 52.2. The summed E-state index contributed by atoms with van der Waals surface area (Å²) in [4.78, 5) is 63.0. The first-order valence-corrected chi connectivity index (χ1v) is 34.1. The summed E-state index contributed by atoms with van der Waals surface area (Å²) in [5.41, 5.74) is 0. The topological polar surface area (TPSA) is 246 Å². The van der Waals surface area contributed by atoms with E-state index in [2.05, 4.69) is 52.2 Å². The molecular formula is C63H121N2O15P. The van der Waals surface area contributed by atoms with Gasteiger partial charge < -0.3 is 49.8 Å². The van der Waals surface area contributed by atoms with Gasteiger partial charge in [0.15, 0.2) is 18.5 Å². The molecule has 1 rings (SSSR count). The molecule has 6 N–H and O–H groups in total. The number of phosphoric acid groups is 1. The normalized spacial score (nSPS) is 19.0. The number of phosphoric ester groups is 1. The second kappa shape index (κ2) is 50.0. The number of hydrogen-bond donors (Lipinski definition) is 6. The van der Waals surface area contributed by atoms with Crippen molar-refractivity contribution in [2.75, 3.05) is 33.0 Å². The Morgan fingerprint density at radius 1 is 0.531 bits per heavy atom. The smallest absolute Gasteiger partial charge is 0.462 e. The van der Waals surface area contributed by atoms with Crippen molar-refractivity contribution in [3.63, 3.8) is 0 Å². The molecule has 478 valence electrons. The summed E-state index contributed by atoms with van der Waals surface area (Å²) in [5.74, 6) is -0.232. The van der Waals surface area contributed by atoms with Gasteiger partial charge in [0.2, 0.25) is 5.91 Å². The molecule has 1 aliphatic heterocycles. The van der Waals surface area contributed by atoms with Gasteiger partial charge in [-0.2, -0.15) is 0 Å². The Kier molecular flexibility index (Phi) is 47.4. The number of esters is 2. The molecule has 17 nitrogen and oxygen atoms in total. The van der Waals surface area contributed by atoms with Crippen molar-refractivity contribution >= 4 is 31.6 Å². The van der Waals surface area contributed by atoms with Gasteiger partial charge in [-0.05, 0) is 37.0 Å². The lowest BCUT2D eigenvalue weighted by Crippen LogP contribution is -2.64. The van der Waals surface area contributed by atoms with Crippen LogP contribution in [-0.4, -0.2) is 120 Å². The first kappa shape index (κ1) is 76.8. The number of aliphatic hydroxyl groups is 3. The van der Waals surface area contributed by atoms with E-state index in [0.717, 1.165) is 88.4 Å². The van der Waals surface area contributed by atoms with Crippen LogP contribution in [0.1, 0.15) is 286 Å². The van der Waals surface area contributed by atoms with Gasteiger partial charge in [0.25, 0.3) is 5.91 Å². The molecule has 1 heterocycles. The Morgan fingerprint density at radius 2 is 0.926 bits per heavy atom. The van der Waals surface area contributed by atoms with Gasteiger partial charge in [-0.15, -0.1) is 0 Å². The van der Waals surface area contributed by atoms with Crippen LogP contribution in [0.25, 0.3) is 0 Å². The molecule has 0 saturated carbocycles. The molecule has 1 fully saturated rings. The Hall–Kier alpha value is -2.21. The zero-order chi connectivity index (χ0) is 59.9. The summed E-state index contributed by atoms with van der Waals surface area (Å²) in [5, 5.41) is 36.4. The van der Waals surface area contributed by atoms with Crippen LogP contribution in [0.2, 0.25) is 0 Å². The molecule has 0 aromatic heterocycles. The highest BCUT2D eigenvalue weighted by molar-refractivity contribution is 7.47. The van der Waals surface area contributed by atoms with Crippen molar-refractivity contribution in [1.82, 2.24) is 10.6 Å². The number of amides is 2. The van der Waals surface area contributed by atoms with Crippen LogP contribution < -0.4 is 10.6 Å². The predicted molar refractivity (Wildman–Crippen MR) is 321 cm³/mol. The maximum absolute atomic E-state index is 13.7. The van der Waals surface area contributed by atoms with Crippen molar-refractivity contribution in [2.45, 2.75) is 329 Å². The second-order valence-electron chi connectivity index (χ2n) is 24.6. The highest BCUT2D eigenvalue weighted by atomic mass is 31.2. The monoisotopic (exact) mass is 1180 g/mol. The Balaban J connectivity index is 2.92. The van der Waals surface area contributed by atoms with Gasteiger partial charge >= 0.3 is 19.8 Å². The van der Waals surface area contributed by atoms with Gasteiger partial charge in [-0.1, -0.05) is 247 Å². The number of hydrogen-bond acceptors (Lipinski definition) is 14. The average molecular weight is 1180 g/mol. The maximum atomic E-state index is 13.7. The standard InChI is InChI=1S/C63H121N2O15P/c1-50(2)40-34-28-22-16-11-8-9-14-21-27-33-39-45-64-62(72)56(49-76-63-59(65-53(7)67)61(71)60(70)55(46-66)79-63)80-81(73,74)77-48-54(78-58(69)44-38-32-26-20-15-18-24-30-36-42-52(5)6)47-75-57(68)43-37-31-25-19-13-10-12-17-23-29-35-41-51(3)4/h50-52,54-56,59-61,63,66,70-71H,8-49H2,1-7H3,(H,64,72)(H,65,67)(H,73,74)/t54-,55+,56+,59+,60+,61+,63-/m0/s1. The van der Waals surface area contributed by atoms with Crippen LogP contribution in [0.15, 0.2) is 0 Å². The lowest BCUT2D eigenvalue weighted by molar-refractivity contribution is -0.273. The van der Waals surface area contributed by atoms with E-state index in [9.17, 15) is 44.0 Å². The molecule has 0 bridgehead atoms. The van der Waals surface area contributed by atoms with Gasteiger partial charge in [0.05, 0.1) is 19.8 Å². The van der Waals surface area contributed by atoms with Crippen molar-refractivity contribution in [1.29, 1.82) is 0 Å². The predicted octanol–water partition coefficient (Wildman–Crippen LogP) is 13.4. The molecule has 0 radical (unpaired) electrons. The Labute approximate surface area is 492 Å². The number of ether oxygens (including phenoxy) is 4. The fourth-order valence-corrected chi connectivity index (χ4v) is 11.1. The number of carbonyl (C=O) groups is 4. The molecule has 1 unspecified atom stereocenters. The highest BCUT2D eigenvalue weighted by Gasteiger charge is 2.46. The lowest BCUT2D eigenvalue weighted by Gasteiger charge is -2.42. The van der Waals surface area contributed by atoms with Gasteiger partial charge in [-0.25, -0.2) is 4.57 Å². The summed E-state index contributed by atoms with van der Waals surface area (Å²) >= 11 is 0. The van der Waals surface area contributed by atoms with E-state index in [4.69, 9.17) is 28.0 Å². The average Bonchev–Trinajstić information content (AvgIpc) is 3.44. The molecule has 1 aliphatic rings. The SMILES string of the molecule is CC(=O)N[C@H]1[C@@H](OC[C@@H](OP(=O)(O)OC[C@H](COC(=O)CCCCCCCCCCCCCC(C)C)OC(=O)CCCCCCCCCCCC(C)C)C(=O)NCCCCCCCCCCCCCCC(C)C)O[C@H](CO)[C@@H](O)[C@@H]1O. The molecule has 1 saturated heterocycles. The van der Waals surface area contributed by atoms with Crippen molar-refractivity contribution < 1.29 is 72.0 Å². The molecule has 0 aliphatic carbocycles. The molecular weight excluding hydrogens is 1060 g/mol. The summed E-state index contributed by atoms with van der Waals surface area (Å²) in [7, 11) is -5.18. The van der Waals surface area contributed by atoms with Crippen LogP contribution in [0.5, 0.6) is 0 Å². The van der Waals surface area contributed by atoms with Crippen LogP contribution in [0.4, 0.5) is 0 Å². The van der Waals surface area contributed by atoms with Crippen molar-refractivity contribution in [3.8, 4) is 0 Å². The summed E-state index contributed by atoms with van der Waals surface area (Å²) in [6.07, 6.45) is 30.6. The minimum Gasteiger partial charge on any atom is -0.462 e. The number of unbranched alkanes of at least 4 members (excludes halogenated alkanes) is 29. The summed E-state index contributed by atoms with van der Waals surface area (Å²) < 4.78 is 47.2. The van der Waals surface area contributed by atoms with E-state index < -0.39 is 101 Å². The van der Waals surface area contributed by atoms with Crippen molar-refractivity contribution in [3.05, 3.63) is 0 Å². The maximum Gasteiger partial charge on any atom is 0.473 e. The molecule has 81 heavy (non-hydrogen) atoms. The first-order chi connectivity index (χ1) is 38.8. The van der Waals surface area contributed by atoms with Crippen LogP contribution in [0.3, 0.4) is 0 Å². The number of rotatable bonds is 55. The van der Waals surface area contributed by atoms with E-state index in [1.54, 1.807) is 0 Å². The second-order valence-corrected chi connectivity index (χ2v) is 26.0. The lowest BCUT2D eigenvalue weighted by atomic mass is 9.97. The highest BCUT2D eigenvalue weighted by Crippen LogP contribution is 2.45. The van der Waals surface area contributed by atoms with Crippen LogP contribution in [-0.2, 0) is 51.7 Å². The van der Waals surface area contributed by atoms with Gasteiger partial charge in [-0.3, -0.25) is 28.2 Å². The third kappa shape index (κ3) is 44.0. The molecule has 0 aromatic rings. The van der Waals surface area contributed by atoms with E-state index in [1.807, 2.05) is 0 Å². The minimum atomic E-state index is -5.18. The number of aliphatic hydroxyl groups excluding tert-OH is 3. The molecule has 8 atom stereocenters. The molecule has 2 amide bonds. The number of carbonyl (C=O) groups excluding carboxylic acids is 4. The minimum absolute atomic E-state index is 0.0925. The summed E-state index contributed by atoms with van der Waals surface area (Å²) in [6.45, 7) is 12.4. The molecule has 18 heteroatoms. The fourth-order valence-electron chi connectivity index (χ4n) is 10.2. The van der Waals surface area contributed by atoms with E-state index in [0.29, 0.717) is 19.3 Å². The van der Waals surface area contributed by atoms with Gasteiger partial charge in [0.1, 0.15) is 31.0 Å².